The van der Waals surface area contributed by atoms with Gasteiger partial charge in [-0.2, -0.15) is 0 Å². The SMILES string of the molecule is CC(=O)OCCCS(=O)(=O)NC(=O)c1ccc(-c2ccc(CCCN(C[C@@H](O)c3cccnc3)C(=O)OC(C)(C)C)cc2)cc1OCC(C)C. The minimum Gasteiger partial charge on any atom is -0.492 e. The summed E-state index contributed by atoms with van der Waals surface area (Å²) in [6.45, 7) is 11.2. The fourth-order valence-corrected chi connectivity index (χ4v) is 5.78. The first kappa shape index (κ1) is 39.9. The summed E-state index contributed by atoms with van der Waals surface area (Å²) in [5.74, 6) is -1.30. The van der Waals surface area contributed by atoms with E-state index in [-0.39, 0.29) is 42.6 Å². The third kappa shape index (κ3) is 13.8. The Morgan fingerprint density at radius 2 is 1.70 bits per heavy atom. The van der Waals surface area contributed by atoms with Gasteiger partial charge in [-0.05, 0) is 80.8 Å². The van der Waals surface area contributed by atoms with Crippen molar-refractivity contribution in [2.24, 2.45) is 5.92 Å². The van der Waals surface area contributed by atoms with E-state index in [0.717, 1.165) is 16.7 Å². The van der Waals surface area contributed by atoms with Crippen LogP contribution in [0.25, 0.3) is 11.1 Å². The lowest BCUT2D eigenvalue weighted by Gasteiger charge is -2.29. The number of hydrogen-bond acceptors (Lipinski definition) is 10. The molecule has 0 saturated carbocycles. The number of ether oxygens (including phenoxy) is 3. The monoisotopic (exact) mass is 711 g/mol. The second-order valence-electron chi connectivity index (χ2n) is 13.4. The summed E-state index contributed by atoms with van der Waals surface area (Å²) in [5, 5.41) is 10.8. The predicted molar refractivity (Wildman–Crippen MR) is 190 cm³/mol. The van der Waals surface area contributed by atoms with Gasteiger partial charge in [-0.3, -0.25) is 14.6 Å². The molecule has 0 fully saturated rings. The minimum absolute atomic E-state index is 0.0468. The number of aliphatic hydroxyl groups excluding tert-OH is 1. The van der Waals surface area contributed by atoms with Crippen LogP contribution in [-0.2, 0) is 30.7 Å². The average Bonchev–Trinajstić information content (AvgIpc) is 3.04. The predicted octanol–water partition coefficient (Wildman–Crippen LogP) is 5.70. The van der Waals surface area contributed by atoms with Crippen molar-refractivity contribution in [3.63, 3.8) is 0 Å². The van der Waals surface area contributed by atoms with Crippen LogP contribution < -0.4 is 9.46 Å². The number of benzene rings is 2. The molecule has 0 saturated heterocycles. The van der Waals surface area contributed by atoms with Gasteiger partial charge < -0.3 is 24.2 Å². The molecule has 13 heteroatoms. The molecule has 3 aromatic rings. The first-order valence-electron chi connectivity index (χ1n) is 16.6. The molecule has 0 aliphatic carbocycles. The Labute approximate surface area is 295 Å². The fourth-order valence-electron chi connectivity index (χ4n) is 4.79. The van der Waals surface area contributed by atoms with Crippen LogP contribution in [-0.4, -0.2) is 79.0 Å². The first-order chi connectivity index (χ1) is 23.5. The summed E-state index contributed by atoms with van der Waals surface area (Å²) in [6, 6.07) is 16.3. The van der Waals surface area contributed by atoms with E-state index < -0.39 is 39.7 Å². The van der Waals surface area contributed by atoms with Crippen LogP contribution >= 0.6 is 0 Å². The molecule has 0 unspecified atom stereocenters. The Hall–Kier alpha value is -4.49. The van der Waals surface area contributed by atoms with E-state index in [0.29, 0.717) is 31.6 Å². The van der Waals surface area contributed by atoms with Crippen LogP contribution in [0.3, 0.4) is 0 Å². The molecule has 1 atom stereocenters. The Kier molecular flexibility index (Phi) is 14.8. The third-order valence-electron chi connectivity index (χ3n) is 7.20. The Bertz CT molecular complexity index is 1670. The summed E-state index contributed by atoms with van der Waals surface area (Å²) in [6.07, 6.45) is 3.12. The zero-order valence-corrected chi connectivity index (χ0v) is 30.5. The maximum absolute atomic E-state index is 13.0. The van der Waals surface area contributed by atoms with Crippen molar-refractivity contribution in [1.82, 2.24) is 14.6 Å². The van der Waals surface area contributed by atoms with Gasteiger partial charge in [0.15, 0.2) is 0 Å². The number of sulfonamides is 1. The average molecular weight is 712 g/mol. The zero-order valence-electron chi connectivity index (χ0n) is 29.7. The number of aliphatic hydroxyl groups is 1. The van der Waals surface area contributed by atoms with Crippen LogP contribution in [0.1, 0.15) is 82.0 Å². The summed E-state index contributed by atoms with van der Waals surface area (Å²) < 4.78 is 43.4. The molecule has 2 amide bonds. The standard InChI is InChI=1S/C37H49N3O9S/c1-26(2)25-48-34-22-30(16-17-32(34)35(43)39-50(45,46)21-9-20-47-27(3)41)29-14-12-28(13-15-29)10-8-19-40(36(44)49-37(4,5)6)24-33(42)31-11-7-18-38-23-31/h7,11-18,22-23,26,33,42H,8-10,19-21,24-25H2,1-6H3,(H,39,43)/t33-/m1/s1. The van der Waals surface area contributed by atoms with Crippen molar-refractivity contribution in [3.8, 4) is 16.9 Å². The van der Waals surface area contributed by atoms with Crippen molar-refractivity contribution < 1.29 is 42.1 Å². The van der Waals surface area contributed by atoms with E-state index in [9.17, 15) is 27.9 Å². The van der Waals surface area contributed by atoms with Crippen LogP contribution in [0.5, 0.6) is 5.75 Å². The molecule has 2 N–H and O–H groups in total. The molecular formula is C37H49N3O9S. The molecule has 0 aliphatic heterocycles. The molecular weight excluding hydrogens is 662 g/mol. The van der Waals surface area contributed by atoms with Gasteiger partial charge in [0.25, 0.3) is 5.91 Å². The van der Waals surface area contributed by atoms with E-state index in [1.54, 1.807) is 57.4 Å². The Balaban J connectivity index is 1.69. The lowest BCUT2D eigenvalue weighted by atomic mass is 10.00. The molecule has 0 radical (unpaired) electrons. The van der Waals surface area contributed by atoms with Crippen molar-refractivity contribution in [3.05, 3.63) is 83.7 Å². The van der Waals surface area contributed by atoms with E-state index in [1.807, 2.05) is 38.1 Å². The highest BCUT2D eigenvalue weighted by Crippen LogP contribution is 2.29. The second-order valence-corrected chi connectivity index (χ2v) is 15.2. The molecule has 272 valence electrons. The van der Waals surface area contributed by atoms with Crippen molar-refractivity contribution in [2.45, 2.75) is 72.5 Å². The highest BCUT2D eigenvalue weighted by Gasteiger charge is 2.25. The minimum atomic E-state index is -3.98. The molecule has 0 aliphatic rings. The van der Waals surface area contributed by atoms with Gasteiger partial charge in [-0.1, -0.05) is 50.2 Å². The summed E-state index contributed by atoms with van der Waals surface area (Å²) in [5.41, 5.74) is 2.69. The topological polar surface area (TPSA) is 161 Å². The highest BCUT2D eigenvalue weighted by atomic mass is 32.2. The number of rotatable bonds is 17. The van der Waals surface area contributed by atoms with Gasteiger partial charge in [-0.25, -0.2) is 17.9 Å². The smallest absolute Gasteiger partial charge is 0.410 e. The van der Waals surface area contributed by atoms with E-state index in [4.69, 9.17) is 14.2 Å². The van der Waals surface area contributed by atoms with Crippen LogP contribution in [0, 0.1) is 5.92 Å². The Morgan fingerprint density at radius 1 is 1.00 bits per heavy atom. The van der Waals surface area contributed by atoms with Crippen LogP contribution in [0.4, 0.5) is 4.79 Å². The fraction of sp³-hybridized carbons (Fsp3) is 0.459. The summed E-state index contributed by atoms with van der Waals surface area (Å²) >= 11 is 0. The number of aromatic nitrogens is 1. The van der Waals surface area contributed by atoms with Gasteiger partial charge >= 0.3 is 12.1 Å². The first-order valence-corrected chi connectivity index (χ1v) is 18.3. The van der Waals surface area contributed by atoms with Gasteiger partial charge in [0.05, 0.1) is 37.2 Å². The lowest BCUT2D eigenvalue weighted by molar-refractivity contribution is -0.140. The van der Waals surface area contributed by atoms with Gasteiger partial charge in [-0.15, -0.1) is 0 Å². The lowest BCUT2D eigenvalue weighted by Crippen LogP contribution is -2.40. The maximum Gasteiger partial charge on any atom is 0.410 e. The number of nitrogens with zero attached hydrogens (tertiary/aromatic N) is 2. The number of carbonyl (C=O) groups excluding carboxylic acids is 3. The molecule has 3 rings (SSSR count). The molecule has 12 nitrogen and oxygen atoms in total. The number of esters is 1. The molecule has 0 spiro atoms. The second kappa shape index (κ2) is 18.5. The largest absolute Gasteiger partial charge is 0.492 e. The van der Waals surface area contributed by atoms with Crippen molar-refractivity contribution >= 4 is 28.0 Å². The van der Waals surface area contributed by atoms with Gasteiger partial charge in [0, 0.05) is 31.4 Å². The van der Waals surface area contributed by atoms with E-state index >= 15 is 0 Å². The number of pyridine rings is 1. The highest BCUT2D eigenvalue weighted by molar-refractivity contribution is 7.90. The van der Waals surface area contributed by atoms with Crippen LogP contribution in [0.15, 0.2) is 67.0 Å². The number of nitrogens with one attached hydrogen (secondary N) is 1. The molecule has 1 aromatic heterocycles. The summed E-state index contributed by atoms with van der Waals surface area (Å²) in [7, 11) is -3.98. The quantitative estimate of drug-likeness (QED) is 0.131. The van der Waals surface area contributed by atoms with Crippen molar-refractivity contribution in [1.29, 1.82) is 0 Å². The maximum atomic E-state index is 13.0. The van der Waals surface area contributed by atoms with Gasteiger partial charge in [0.1, 0.15) is 11.4 Å². The van der Waals surface area contributed by atoms with Gasteiger partial charge in [0.2, 0.25) is 10.0 Å². The molecule has 50 heavy (non-hydrogen) atoms. The zero-order chi connectivity index (χ0) is 36.9. The number of amides is 2. The Morgan fingerprint density at radius 3 is 2.32 bits per heavy atom. The molecule has 2 aromatic carbocycles. The summed E-state index contributed by atoms with van der Waals surface area (Å²) in [4.78, 5) is 42.5. The number of hydrogen-bond donors (Lipinski definition) is 2. The van der Waals surface area contributed by atoms with E-state index in [2.05, 4.69) is 9.71 Å². The number of carbonyl (C=O) groups is 3. The van der Waals surface area contributed by atoms with Crippen LogP contribution in [0.2, 0.25) is 0 Å². The van der Waals surface area contributed by atoms with Crippen molar-refractivity contribution in [2.75, 3.05) is 32.1 Å². The molecule has 0 bridgehead atoms. The van der Waals surface area contributed by atoms with E-state index in [1.165, 1.54) is 17.9 Å². The molecule has 1 heterocycles. The third-order valence-corrected chi connectivity index (χ3v) is 8.53. The number of aryl methyl sites for hydroxylation is 1. The normalized spacial score (nSPS) is 12.2.